The number of nitrogens with zero attached hydrogens (tertiary/aromatic N) is 3. The molecule has 0 saturated carbocycles. The van der Waals surface area contributed by atoms with Gasteiger partial charge < -0.3 is 45.8 Å². The molecule has 3 aromatic rings. The van der Waals surface area contributed by atoms with E-state index in [1.807, 2.05) is 36.4 Å². The Morgan fingerprint density at radius 2 is 1.11 bits per heavy atom. The number of hydrogen-bond acceptors (Lipinski definition) is 6. The van der Waals surface area contributed by atoms with Crippen molar-refractivity contribution in [3.05, 3.63) is 36.4 Å². The minimum absolute atomic E-state index is 0.295. The lowest BCUT2D eigenvalue weighted by atomic mass is 10.0. The number of hydrogen-bond donors (Lipinski definition) is 6. The van der Waals surface area contributed by atoms with E-state index in [1.54, 1.807) is 27.7 Å². The highest BCUT2D eigenvalue weighted by Gasteiger charge is 2.40. The quantitative estimate of drug-likeness (QED) is 0.140. The summed E-state index contributed by atoms with van der Waals surface area (Å²) in [5, 5.41) is 31.1. The van der Waals surface area contributed by atoms with Crippen molar-refractivity contribution in [1.82, 2.24) is 25.0 Å². The van der Waals surface area contributed by atoms with Crippen LogP contribution in [0, 0.1) is 11.8 Å². The molecule has 53 heavy (non-hydrogen) atoms. The summed E-state index contributed by atoms with van der Waals surface area (Å²) in [4.78, 5) is 79.6. The van der Waals surface area contributed by atoms with Crippen LogP contribution < -0.4 is 21.3 Å². The highest BCUT2D eigenvalue weighted by atomic mass is 16.4. The summed E-state index contributed by atoms with van der Waals surface area (Å²) in [6.07, 6.45) is 1.41. The van der Waals surface area contributed by atoms with E-state index in [-0.39, 0.29) is 23.7 Å². The number of aromatic nitrogens is 1. The number of aryl methyl sites for hydroxylation is 1. The Bertz CT molecular complexity index is 1760. The summed E-state index contributed by atoms with van der Waals surface area (Å²) in [7, 11) is 0. The minimum Gasteiger partial charge on any atom is -0.465 e. The summed E-state index contributed by atoms with van der Waals surface area (Å²) in [6.45, 7) is 10.5. The summed E-state index contributed by atoms with van der Waals surface area (Å²) in [5.41, 5.74) is 2.89. The zero-order valence-corrected chi connectivity index (χ0v) is 31.0. The molecule has 2 unspecified atom stereocenters. The van der Waals surface area contributed by atoms with Gasteiger partial charge in [-0.1, -0.05) is 53.2 Å². The van der Waals surface area contributed by atoms with E-state index < -0.39 is 48.2 Å². The second kappa shape index (κ2) is 16.6. The van der Waals surface area contributed by atoms with Gasteiger partial charge in [0.2, 0.25) is 23.6 Å². The van der Waals surface area contributed by atoms with Gasteiger partial charge in [0, 0.05) is 41.8 Å². The minimum atomic E-state index is -1.29. The van der Waals surface area contributed by atoms with Crippen molar-refractivity contribution in [3.63, 3.8) is 0 Å². The average molecular weight is 734 g/mol. The van der Waals surface area contributed by atoms with Crippen LogP contribution in [0.25, 0.3) is 21.8 Å². The Labute approximate surface area is 308 Å². The van der Waals surface area contributed by atoms with Crippen molar-refractivity contribution in [3.8, 4) is 0 Å². The molecule has 0 aliphatic carbocycles. The number of carboxylic acid groups (broad SMARTS) is 2. The van der Waals surface area contributed by atoms with Crippen molar-refractivity contribution < 1.29 is 39.0 Å². The zero-order valence-electron chi connectivity index (χ0n) is 31.0. The lowest BCUT2D eigenvalue weighted by molar-refractivity contribution is -0.139. The van der Waals surface area contributed by atoms with E-state index in [2.05, 4.69) is 32.8 Å². The fourth-order valence-electron chi connectivity index (χ4n) is 7.52. The van der Waals surface area contributed by atoms with Gasteiger partial charge in [-0.25, -0.2) is 9.59 Å². The van der Waals surface area contributed by atoms with Crippen LogP contribution in [-0.2, 0) is 25.7 Å². The summed E-state index contributed by atoms with van der Waals surface area (Å²) < 4.78 is 2.16. The van der Waals surface area contributed by atoms with Crippen LogP contribution in [-0.4, -0.2) is 97.7 Å². The maximum absolute atomic E-state index is 13.6. The summed E-state index contributed by atoms with van der Waals surface area (Å²) in [6, 6.07) is 7.94. The van der Waals surface area contributed by atoms with Crippen LogP contribution in [0.3, 0.4) is 0 Å². The molecule has 2 aliphatic rings. The Morgan fingerprint density at radius 3 is 1.47 bits per heavy atom. The highest BCUT2D eigenvalue weighted by molar-refractivity contribution is 6.11. The molecule has 5 rings (SSSR count). The number of carbonyl (C=O) groups excluding carboxylic acids is 4. The first-order valence-electron chi connectivity index (χ1n) is 18.5. The first-order valence-corrected chi connectivity index (χ1v) is 18.5. The molecule has 0 spiro atoms. The molecular formula is C38H51N7O8. The molecule has 0 bridgehead atoms. The van der Waals surface area contributed by atoms with E-state index >= 15 is 0 Å². The van der Waals surface area contributed by atoms with Gasteiger partial charge in [0.1, 0.15) is 24.2 Å². The third kappa shape index (κ3) is 8.50. The monoisotopic (exact) mass is 733 g/mol. The molecule has 4 atom stereocenters. The van der Waals surface area contributed by atoms with Gasteiger partial charge in [0.05, 0.1) is 11.0 Å². The normalized spacial score (nSPS) is 18.4. The predicted molar refractivity (Wildman–Crippen MR) is 201 cm³/mol. The first-order chi connectivity index (χ1) is 25.2. The molecule has 15 heteroatoms. The van der Waals surface area contributed by atoms with Crippen molar-refractivity contribution in [2.45, 2.75) is 104 Å². The molecule has 2 aliphatic heterocycles. The molecule has 6 amide bonds. The standard InChI is InChI=1S/C38H51N7O8/c1-6-7-16-43-29-19-23(39-33(46)27-10-8-17-44(27)35(48)31(21(2)3)41-37(50)51)12-14-25(29)26-15-13-24(20-30(26)43)40-34(47)28-11-9-18-45(28)36(49)32(22(4)5)42-38(52)53/h12-15,19-22,27-28,31-32,41-42H,6-11,16-18H2,1-5H3,(H,39,46)(H,40,47)(H,50,51)(H,52,53)/t27-,28-,31?,32?/m0/s1. The smallest absolute Gasteiger partial charge is 0.405 e. The number of amides is 6. The van der Waals surface area contributed by atoms with Crippen LogP contribution in [0.1, 0.15) is 73.1 Å². The van der Waals surface area contributed by atoms with Gasteiger partial charge in [-0.05, 0) is 68.2 Å². The Kier molecular flexibility index (Phi) is 12.1. The highest BCUT2D eigenvalue weighted by Crippen LogP contribution is 2.34. The average Bonchev–Trinajstić information content (AvgIpc) is 3.86. The van der Waals surface area contributed by atoms with E-state index in [4.69, 9.17) is 0 Å². The Hall–Kier alpha value is -5.34. The lowest BCUT2D eigenvalue weighted by Crippen LogP contribution is -2.54. The van der Waals surface area contributed by atoms with Crippen LogP contribution in [0.15, 0.2) is 36.4 Å². The molecule has 6 N–H and O–H groups in total. The number of rotatable bonds is 13. The first kappa shape index (κ1) is 38.9. The number of likely N-dealkylation sites (tertiary alicyclic amines) is 2. The van der Waals surface area contributed by atoms with Crippen molar-refractivity contribution in [2.75, 3.05) is 23.7 Å². The molecular weight excluding hydrogens is 682 g/mol. The summed E-state index contributed by atoms with van der Waals surface area (Å²) >= 11 is 0. The molecule has 2 aromatic carbocycles. The van der Waals surface area contributed by atoms with Gasteiger partial charge in [0.25, 0.3) is 0 Å². The van der Waals surface area contributed by atoms with Crippen molar-refractivity contribution in [1.29, 1.82) is 0 Å². The second-order valence-corrected chi connectivity index (χ2v) is 14.7. The van der Waals surface area contributed by atoms with E-state index in [0.717, 1.165) is 34.6 Å². The largest absolute Gasteiger partial charge is 0.465 e. The predicted octanol–water partition coefficient (Wildman–Crippen LogP) is 5.04. The maximum atomic E-state index is 13.6. The van der Waals surface area contributed by atoms with Gasteiger partial charge in [-0.2, -0.15) is 0 Å². The van der Waals surface area contributed by atoms with Crippen molar-refractivity contribution >= 4 is 69.0 Å². The van der Waals surface area contributed by atoms with Crippen LogP contribution in [0.2, 0.25) is 0 Å². The van der Waals surface area contributed by atoms with Gasteiger partial charge in [-0.15, -0.1) is 0 Å². The molecule has 286 valence electrons. The number of unbranched alkanes of at least 4 members (excludes halogenated alkanes) is 1. The molecule has 3 heterocycles. The van der Waals surface area contributed by atoms with Gasteiger partial charge in [0.15, 0.2) is 0 Å². The second-order valence-electron chi connectivity index (χ2n) is 14.7. The van der Waals surface area contributed by atoms with E-state index in [0.29, 0.717) is 56.7 Å². The van der Waals surface area contributed by atoms with Gasteiger partial charge >= 0.3 is 12.2 Å². The van der Waals surface area contributed by atoms with Crippen molar-refractivity contribution in [2.24, 2.45) is 11.8 Å². The lowest BCUT2D eigenvalue weighted by Gasteiger charge is -2.29. The molecule has 1 aromatic heterocycles. The number of carbonyl (C=O) groups is 6. The zero-order chi connectivity index (χ0) is 38.6. The van der Waals surface area contributed by atoms with Gasteiger partial charge in [-0.3, -0.25) is 19.2 Å². The molecule has 15 nitrogen and oxygen atoms in total. The van der Waals surface area contributed by atoms with E-state index in [1.165, 1.54) is 9.80 Å². The fraction of sp³-hybridized carbons (Fsp3) is 0.526. The van der Waals surface area contributed by atoms with Crippen LogP contribution >= 0.6 is 0 Å². The number of anilines is 2. The van der Waals surface area contributed by atoms with E-state index in [9.17, 15) is 39.0 Å². The fourth-order valence-corrected chi connectivity index (χ4v) is 7.52. The number of nitrogens with one attached hydrogen (secondary N) is 4. The maximum Gasteiger partial charge on any atom is 0.405 e. The van der Waals surface area contributed by atoms with Crippen LogP contribution in [0.5, 0.6) is 0 Å². The Balaban J connectivity index is 1.38. The number of fused-ring (bicyclic) bond motifs is 3. The molecule has 0 radical (unpaired) electrons. The topological polar surface area (TPSA) is 202 Å². The third-order valence-electron chi connectivity index (χ3n) is 10.2. The third-order valence-corrected chi connectivity index (χ3v) is 10.2. The number of benzene rings is 2. The summed E-state index contributed by atoms with van der Waals surface area (Å²) in [5.74, 6) is -2.10. The Morgan fingerprint density at radius 1 is 0.698 bits per heavy atom. The molecule has 2 saturated heterocycles. The molecule has 2 fully saturated rings. The van der Waals surface area contributed by atoms with Crippen LogP contribution in [0.4, 0.5) is 21.0 Å². The SMILES string of the molecule is CCCCn1c2cc(NC(=O)[C@@H]3CCCN3C(=O)C(NC(=O)O)C(C)C)ccc2c2ccc(NC(=O)[C@@H]3CCCN3C(=O)C(NC(=O)O)C(C)C)cc21.